The van der Waals surface area contributed by atoms with Crippen LogP contribution >= 0.6 is 7.26 Å². The van der Waals surface area contributed by atoms with Crippen LogP contribution < -0.4 is 32.9 Å². The molecule has 6 heteroatoms. The number of imidazole rings is 2. The van der Waals surface area contributed by atoms with Gasteiger partial charge >= 0.3 is 0 Å². The Bertz CT molecular complexity index is 1600. The minimum Gasteiger partial charge on any atom is -1.00 e. The lowest BCUT2D eigenvalue weighted by Gasteiger charge is -2.27. The van der Waals surface area contributed by atoms with Gasteiger partial charge in [-0.25, -0.2) is 4.98 Å². The van der Waals surface area contributed by atoms with Crippen LogP contribution in [0, 0.1) is 6.92 Å². The molecule has 4 nitrogen and oxygen atoms in total. The molecule has 4 aromatic carbocycles. The van der Waals surface area contributed by atoms with Crippen LogP contribution in [0.3, 0.4) is 0 Å². The maximum absolute atomic E-state index is 14.5. The monoisotopic (exact) mass is 567 g/mol. The van der Waals surface area contributed by atoms with Gasteiger partial charge in [-0.05, 0) is 55.5 Å². The highest BCUT2D eigenvalue weighted by atomic mass is 79.9. The Morgan fingerprint density at radius 3 is 1.62 bits per heavy atom. The van der Waals surface area contributed by atoms with E-state index in [1.807, 2.05) is 48.7 Å². The van der Waals surface area contributed by atoms with Gasteiger partial charge in [-0.1, -0.05) is 66.7 Å². The number of halogens is 1. The molecule has 0 atom stereocenters. The zero-order chi connectivity index (χ0) is 24.7. The van der Waals surface area contributed by atoms with E-state index in [0.717, 1.165) is 22.5 Å². The molecule has 0 fully saturated rings. The summed E-state index contributed by atoms with van der Waals surface area (Å²) in [7, 11) is -0.292. The van der Waals surface area contributed by atoms with E-state index in [0.29, 0.717) is 11.9 Å². The standard InChI is InChI=1S/C31H27N3OP.BrH/c1-23-30(34-28-21-13-12-20-27(28)33(2)31(34)32-23)29(35)22-36(24-14-6-3-7-15-24,25-16-8-4-9-17-25)26-18-10-5-11-19-26;/h3-21H,22H2,1-2H3;1H/q+1;/p-1. The Morgan fingerprint density at radius 2 is 1.14 bits per heavy atom. The summed E-state index contributed by atoms with van der Waals surface area (Å²) in [5.74, 6) is 0.904. The van der Waals surface area contributed by atoms with Gasteiger partial charge in [-0.3, -0.25) is 9.20 Å². The quantitative estimate of drug-likeness (QED) is 0.229. The van der Waals surface area contributed by atoms with Crippen molar-refractivity contribution < 1.29 is 21.8 Å². The first-order valence-electron chi connectivity index (χ1n) is 12.1. The number of hydrogen-bond donors (Lipinski definition) is 0. The average Bonchev–Trinajstić information content (AvgIpc) is 3.42. The molecule has 0 saturated heterocycles. The lowest BCUT2D eigenvalue weighted by atomic mass is 10.2. The first-order valence-corrected chi connectivity index (χ1v) is 14.1. The number of carbonyl (C=O) groups is 1. The fraction of sp³-hybridized carbons (Fsp3) is 0.0968. The molecule has 2 aromatic heterocycles. The summed E-state index contributed by atoms with van der Waals surface area (Å²) in [5.41, 5.74) is 3.50. The second kappa shape index (κ2) is 10.1. The molecule has 2 heterocycles. The lowest BCUT2D eigenvalue weighted by molar-refractivity contribution is -0.0000150. The summed E-state index contributed by atoms with van der Waals surface area (Å²) in [5, 5.41) is 3.60. The molecule has 0 aliphatic carbocycles. The Kier molecular flexibility index (Phi) is 6.85. The summed E-state index contributed by atoms with van der Waals surface area (Å²) < 4.78 is 4.11. The number of aromatic nitrogens is 3. The highest BCUT2D eigenvalue weighted by molar-refractivity contribution is 7.96. The number of hydrogen-bond acceptors (Lipinski definition) is 2. The highest BCUT2D eigenvalue weighted by Gasteiger charge is 2.48. The van der Waals surface area contributed by atoms with Gasteiger partial charge in [0.1, 0.15) is 35.0 Å². The number of nitrogens with zero attached hydrogens (tertiary/aromatic N) is 3. The second-order valence-corrected chi connectivity index (χ2v) is 12.6. The van der Waals surface area contributed by atoms with Crippen LogP contribution in [0.5, 0.6) is 0 Å². The van der Waals surface area contributed by atoms with Crippen LogP contribution in [0.1, 0.15) is 16.2 Å². The van der Waals surface area contributed by atoms with Crippen molar-refractivity contribution in [3.63, 3.8) is 0 Å². The molecule has 0 radical (unpaired) electrons. The summed E-state index contributed by atoms with van der Waals surface area (Å²) in [6.45, 7) is 1.95. The van der Waals surface area contributed by atoms with Gasteiger partial charge in [-0.2, -0.15) is 0 Å². The summed E-state index contributed by atoms with van der Waals surface area (Å²) >= 11 is 0. The van der Waals surface area contributed by atoms with Crippen molar-refractivity contribution in [1.82, 2.24) is 14.0 Å². The van der Waals surface area contributed by atoms with Gasteiger partial charge < -0.3 is 21.5 Å². The molecular formula is C31H27BrN3OP. The van der Waals surface area contributed by atoms with Gasteiger partial charge in [0.25, 0.3) is 0 Å². The SMILES string of the molecule is Cc1nc2n(C)c3ccccc3n2c1C(=O)C[P+](c1ccccc1)(c1ccccc1)c1ccccc1.[Br-]. The zero-order valence-electron chi connectivity index (χ0n) is 20.8. The van der Waals surface area contributed by atoms with Crippen molar-refractivity contribution in [2.24, 2.45) is 7.05 Å². The molecule has 0 unspecified atom stereocenters. The van der Waals surface area contributed by atoms with Crippen molar-refractivity contribution in [2.75, 3.05) is 6.16 Å². The molecular weight excluding hydrogens is 541 g/mol. The van der Waals surface area contributed by atoms with Crippen LogP contribution in [0.2, 0.25) is 0 Å². The van der Waals surface area contributed by atoms with Crippen molar-refractivity contribution in [1.29, 1.82) is 0 Å². The summed E-state index contributed by atoms with van der Waals surface area (Å²) in [4.78, 5) is 19.3. The highest BCUT2D eigenvalue weighted by Crippen LogP contribution is 2.55. The smallest absolute Gasteiger partial charge is 0.219 e. The van der Waals surface area contributed by atoms with Crippen LogP contribution in [-0.2, 0) is 7.05 Å². The molecule has 0 spiro atoms. The largest absolute Gasteiger partial charge is 1.00 e. The van der Waals surface area contributed by atoms with Crippen LogP contribution in [0.15, 0.2) is 115 Å². The Labute approximate surface area is 227 Å². The normalized spacial score (nSPS) is 11.5. The van der Waals surface area contributed by atoms with Crippen molar-refractivity contribution >= 4 is 45.8 Å². The van der Waals surface area contributed by atoms with Crippen molar-refractivity contribution in [3.05, 3.63) is 127 Å². The van der Waals surface area contributed by atoms with Crippen LogP contribution in [0.25, 0.3) is 16.8 Å². The number of rotatable bonds is 6. The van der Waals surface area contributed by atoms with Gasteiger partial charge in [-0.15, -0.1) is 0 Å². The molecule has 0 aliphatic rings. The van der Waals surface area contributed by atoms with Crippen LogP contribution in [0.4, 0.5) is 0 Å². The van der Waals surface area contributed by atoms with Crippen LogP contribution in [-0.4, -0.2) is 25.9 Å². The molecule has 6 rings (SSSR count). The first-order chi connectivity index (χ1) is 17.6. The van der Waals surface area contributed by atoms with Gasteiger partial charge in [0.05, 0.1) is 16.7 Å². The molecule has 6 aromatic rings. The van der Waals surface area contributed by atoms with E-state index in [2.05, 4.69) is 89.5 Å². The number of para-hydroxylation sites is 2. The van der Waals surface area contributed by atoms with Gasteiger partial charge in [0.15, 0.2) is 0 Å². The third kappa shape index (κ3) is 4.03. The third-order valence-corrected chi connectivity index (χ3v) is 11.4. The Hall–Kier alpha value is -3.53. The molecule has 0 N–H and O–H groups in total. The van der Waals surface area contributed by atoms with Gasteiger partial charge in [0.2, 0.25) is 11.6 Å². The molecule has 0 aliphatic heterocycles. The maximum atomic E-state index is 14.5. The average molecular weight is 568 g/mol. The molecule has 37 heavy (non-hydrogen) atoms. The van der Waals surface area contributed by atoms with E-state index >= 15 is 0 Å². The van der Waals surface area contributed by atoms with E-state index in [-0.39, 0.29) is 22.8 Å². The number of benzene rings is 4. The lowest BCUT2D eigenvalue weighted by Crippen LogP contribution is -3.00. The minimum absolute atomic E-state index is 0. The number of carbonyl (C=O) groups excluding carboxylic acids is 1. The first kappa shape index (κ1) is 25.1. The summed E-state index contributed by atoms with van der Waals surface area (Å²) in [6.07, 6.45) is 0.392. The van der Waals surface area contributed by atoms with E-state index < -0.39 is 7.26 Å². The Morgan fingerprint density at radius 1 is 0.703 bits per heavy atom. The number of fused-ring (bicyclic) bond motifs is 3. The predicted molar refractivity (Wildman–Crippen MR) is 151 cm³/mol. The molecule has 0 amide bonds. The number of Topliss-reactive ketones (excluding diaryl/α,β-unsaturated/α-hetero) is 1. The fourth-order valence-corrected chi connectivity index (χ4v) is 9.46. The molecule has 184 valence electrons. The molecule has 0 bridgehead atoms. The maximum Gasteiger partial charge on any atom is 0.219 e. The third-order valence-electron chi connectivity index (χ3n) is 7.05. The minimum atomic E-state index is -2.30. The Balaban J connectivity index is 0.00000280. The second-order valence-electron chi connectivity index (χ2n) is 9.13. The van der Waals surface area contributed by atoms with E-state index in [1.54, 1.807) is 0 Å². The van der Waals surface area contributed by atoms with Gasteiger partial charge in [0, 0.05) is 7.05 Å². The number of ketones is 1. The van der Waals surface area contributed by atoms with E-state index in [1.165, 1.54) is 15.9 Å². The van der Waals surface area contributed by atoms with E-state index in [9.17, 15) is 4.79 Å². The number of aryl methyl sites for hydroxylation is 2. The van der Waals surface area contributed by atoms with E-state index in [4.69, 9.17) is 4.98 Å². The summed E-state index contributed by atoms with van der Waals surface area (Å²) in [6, 6.07) is 39.8. The van der Waals surface area contributed by atoms with Crippen molar-refractivity contribution in [2.45, 2.75) is 6.92 Å². The van der Waals surface area contributed by atoms with Crippen molar-refractivity contribution in [3.8, 4) is 0 Å². The topological polar surface area (TPSA) is 39.3 Å². The fourth-order valence-electron chi connectivity index (χ4n) is 5.40. The molecule has 0 saturated carbocycles. The predicted octanol–water partition coefficient (Wildman–Crippen LogP) is 2.32. The zero-order valence-corrected chi connectivity index (χ0v) is 23.2.